The highest BCUT2D eigenvalue weighted by atomic mass is 16.5. The fourth-order valence-corrected chi connectivity index (χ4v) is 2.13. The van der Waals surface area contributed by atoms with Gasteiger partial charge in [-0.25, -0.2) is 0 Å². The molecule has 0 saturated heterocycles. The topological polar surface area (TPSA) is 29.5 Å². The van der Waals surface area contributed by atoms with Crippen molar-refractivity contribution in [3.8, 4) is 5.75 Å². The zero-order valence-electron chi connectivity index (χ0n) is 12.2. The number of para-hydroxylation sites is 1. The molecule has 2 aromatic rings. The van der Waals surface area contributed by atoms with E-state index in [4.69, 9.17) is 4.74 Å². The molecule has 1 unspecified atom stereocenters. The first-order valence-corrected chi connectivity index (χ1v) is 7.07. The third-order valence-electron chi connectivity index (χ3n) is 3.51. The van der Waals surface area contributed by atoms with E-state index in [-0.39, 0.29) is 6.10 Å². The van der Waals surface area contributed by atoms with Gasteiger partial charge < -0.3 is 9.84 Å². The Labute approximate surface area is 121 Å². The van der Waals surface area contributed by atoms with Gasteiger partial charge in [0.15, 0.2) is 0 Å². The predicted octanol–water partition coefficient (Wildman–Crippen LogP) is 3.68. The Morgan fingerprint density at radius 3 is 2.45 bits per heavy atom. The van der Waals surface area contributed by atoms with Crippen LogP contribution in [0, 0.1) is 13.8 Å². The van der Waals surface area contributed by atoms with Crippen LogP contribution in [-0.4, -0.2) is 17.8 Å². The Morgan fingerprint density at radius 1 is 1.00 bits per heavy atom. The Bertz CT molecular complexity index is 534. The molecule has 106 valence electrons. The van der Waals surface area contributed by atoms with Crippen LogP contribution in [0.3, 0.4) is 0 Å². The van der Waals surface area contributed by atoms with Crippen LogP contribution in [0.2, 0.25) is 0 Å². The van der Waals surface area contributed by atoms with Crippen molar-refractivity contribution >= 4 is 0 Å². The van der Waals surface area contributed by atoms with E-state index in [1.165, 1.54) is 16.7 Å². The number of hydrogen-bond donors (Lipinski definition) is 1. The Hall–Kier alpha value is -1.80. The van der Waals surface area contributed by atoms with E-state index in [9.17, 15) is 5.11 Å². The van der Waals surface area contributed by atoms with Crippen molar-refractivity contribution < 1.29 is 9.84 Å². The first-order chi connectivity index (χ1) is 9.65. The summed E-state index contributed by atoms with van der Waals surface area (Å²) in [7, 11) is 0. The summed E-state index contributed by atoms with van der Waals surface area (Å²) >= 11 is 0. The Morgan fingerprint density at radius 2 is 1.75 bits per heavy atom. The third-order valence-corrected chi connectivity index (χ3v) is 3.51. The van der Waals surface area contributed by atoms with E-state index >= 15 is 0 Å². The van der Waals surface area contributed by atoms with Gasteiger partial charge in [-0.05, 0) is 49.1 Å². The fraction of sp³-hybridized carbons (Fsp3) is 0.333. The summed E-state index contributed by atoms with van der Waals surface area (Å²) in [6.07, 6.45) is 0.960. The summed E-state index contributed by atoms with van der Waals surface area (Å²) < 4.78 is 5.60. The van der Waals surface area contributed by atoms with E-state index in [1.807, 2.05) is 30.3 Å². The van der Waals surface area contributed by atoms with Crippen molar-refractivity contribution in [2.45, 2.75) is 32.8 Å². The van der Waals surface area contributed by atoms with Gasteiger partial charge in [0.2, 0.25) is 0 Å². The molecule has 2 heteroatoms. The quantitative estimate of drug-likeness (QED) is 0.867. The van der Waals surface area contributed by atoms with Crippen molar-refractivity contribution in [2.75, 3.05) is 6.61 Å². The van der Waals surface area contributed by atoms with Crippen molar-refractivity contribution in [1.29, 1.82) is 0 Å². The summed E-state index contributed by atoms with van der Waals surface area (Å²) in [5.41, 5.74) is 3.74. The fourth-order valence-electron chi connectivity index (χ4n) is 2.13. The average molecular weight is 270 g/mol. The van der Waals surface area contributed by atoms with Gasteiger partial charge in [-0.2, -0.15) is 0 Å². The molecular formula is C18H22O2. The number of rotatable bonds is 6. The second kappa shape index (κ2) is 7.11. The molecule has 0 aromatic heterocycles. The second-order valence-electron chi connectivity index (χ2n) is 5.23. The number of benzene rings is 2. The van der Waals surface area contributed by atoms with E-state index in [0.29, 0.717) is 19.4 Å². The maximum atomic E-state index is 10.1. The van der Waals surface area contributed by atoms with E-state index in [0.717, 1.165) is 5.75 Å². The Balaban J connectivity index is 1.77. The molecule has 0 saturated carbocycles. The first kappa shape index (κ1) is 14.6. The number of hydrogen-bond acceptors (Lipinski definition) is 2. The van der Waals surface area contributed by atoms with Crippen molar-refractivity contribution in [3.63, 3.8) is 0 Å². The van der Waals surface area contributed by atoms with Gasteiger partial charge in [0, 0.05) is 6.42 Å². The van der Waals surface area contributed by atoms with Crippen LogP contribution < -0.4 is 4.74 Å². The number of aliphatic hydroxyl groups excluding tert-OH is 1. The molecule has 20 heavy (non-hydrogen) atoms. The van der Waals surface area contributed by atoms with Crippen LogP contribution in [0.25, 0.3) is 0 Å². The molecule has 0 spiro atoms. The smallest absolute Gasteiger partial charge is 0.119 e. The summed E-state index contributed by atoms with van der Waals surface area (Å²) in [6.45, 7) is 4.74. The average Bonchev–Trinajstić information content (AvgIpc) is 2.44. The van der Waals surface area contributed by atoms with Crippen LogP contribution >= 0.6 is 0 Å². The van der Waals surface area contributed by atoms with Gasteiger partial charge in [0.1, 0.15) is 5.75 Å². The first-order valence-electron chi connectivity index (χ1n) is 7.07. The molecule has 1 atom stereocenters. The lowest BCUT2D eigenvalue weighted by molar-refractivity contribution is 0.139. The molecule has 2 nitrogen and oxygen atoms in total. The molecule has 1 N–H and O–H groups in total. The molecule has 0 radical (unpaired) electrons. The minimum Gasteiger partial charge on any atom is -0.493 e. The van der Waals surface area contributed by atoms with Crippen molar-refractivity contribution in [3.05, 3.63) is 65.2 Å². The van der Waals surface area contributed by atoms with Gasteiger partial charge in [0.05, 0.1) is 12.7 Å². The molecule has 2 rings (SSSR count). The van der Waals surface area contributed by atoms with Crippen LogP contribution in [0.1, 0.15) is 23.1 Å². The summed E-state index contributed by atoms with van der Waals surface area (Å²) in [6, 6.07) is 16.0. The molecule has 0 aliphatic rings. The van der Waals surface area contributed by atoms with E-state index in [1.54, 1.807) is 0 Å². The zero-order chi connectivity index (χ0) is 14.4. The summed E-state index contributed by atoms with van der Waals surface area (Å²) in [5.74, 6) is 0.853. The van der Waals surface area contributed by atoms with Crippen LogP contribution in [-0.2, 0) is 6.42 Å². The maximum Gasteiger partial charge on any atom is 0.119 e. The number of aryl methyl sites for hydroxylation is 2. The van der Waals surface area contributed by atoms with Gasteiger partial charge >= 0.3 is 0 Å². The van der Waals surface area contributed by atoms with Crippen molar-refractivity contribution in [1.82, 2.24) is 0 Å². The largest absolute Gasteiger partial charge is 0.493 e. The third kappa shape index (κ3) is 4.39. The highest BCUT2D eigenvalue weighted by molar-refractivity contribution is 5.30. The van der Waals surface area contributed by atoms with Crippen LogP contribution in [0.4, 0.5) is 0 Å². The lowest BCUT2D eigenvalue weighted by Gasteiger charge is -2.12. The molecule has 2 aromatic carbocycles. The lowest BCUT2D eigenvalue weighted by Crippen LogP contribution is -2.15. The highest BCUT2D eigenvalue weighted by Gasteiger charge is 2.07. The molecule has 0 fully saturated rings. The maximum absolute atomic E-state index is 10.1. The monoisotopic (exact) mass is 270 g/mol. The lowest BCUT2D eigenvalue weighted by atomic mass is 10.0. The minimum atomic E-state index is -0.360. The van der Waals surface area contributed by atoms with Gasteiger partial charge in [0.25, 0.3) is 0 Å². The molecule has 0 amide bonds. The number of ether oxygens (including phenoxy) is 1. The van der Waals surface area contributed by atoms with E-state index in [2.05, 4.69) is 32.0 Å². The van der Waals surface area contributed by atoms with Crippen LogP contribution in [0.15, 0.2) is 48.5 Å². The highest BCUT2D eigenvalue weighted by Crippen LogP contribution is 2.13. The van der Waals surface area contributed by atoms with E-state index < -0.39 is 0 Å². The zero-order valence-corrected chi connectivity index (χ0v) is 12.2. The molecule has 0 aliphatic carbocycles. The summed E-state index contributed by atoms with van der Waals surface area (Å²) in [4.78, 5) is 0. The van der Waals surface area contributed by atoms with Crippen LogP contribution in [0.5, 0.6) is 5.75 Å². The molecule has 0 aliphatic heterocycles. The molecule has 0 heterocycles. The van der Waals surface area contributed by atoms with Gasteiger partial charge in [-0.3, -0.25) is 0 Å². The SMILES string of the molecule is Cc1ccc(CC(O)CCOc2ccccc2)cc1C. The minimum absolute atomic E-state index is 0.360. The predicted molar refractivity (Wildman–Crippen MR) is 82.2 cm³/mol. The molecular weight excluding hydrogens is 248 g/mol. The second-order valence-corrected chi connectivity index (χ2v) is 5.23. The van der Waals surface area contributed by atoms with Gasteiger partial charge in [-0.15, -0.1) is 0 Å². The van der Waals surface area contributed by atoms with Gasteiger partial charge in [-0.1, -0.05) is 36.4 Å². The summed E-state index contributed by atoms with van der Waals surface area (Å²) in [5, 5.41) is 10.1. The normalized spacial score (nSPS) is 12.2. The Kier molecular flexibility index (Phi) is 5.19. The molecule has 0 bridgehead atoms. The number of aliphatic hydroxyl groups is 1. The standard InChI is InChI=1S/C18H22O2/c1-14-8-9-16(12-15(14)2)13-17(19)10-11-20-18-6-4-3-5-7-18/h3-9,12,17,19H,10-11,13H2,1-2H3. The van der Waals surface area contributed by atoms with Crippen molar-refractivity contribution in [2.24, 2.45) is 0 Å².